The number of likely N-dealkylation sites (tertiary alicyclic amines) is 1. The lowest BCUT2D eigenvalue weighted by Gasteiger charge is -2.18. The molecule has 0 aliphatic carbocycles. The third-order valence-corrected chi connectivity index (χ3v) is 2.30. The molecule has 0 unspecified atom stereocenters. The summed E-state index contributed by atoms with van der Waals surface area (Å²) < 4.78 is 0. The zero-order chi connectivity index (χ0) is 10.3. The van der Waals surface area contributed by atoms with Gasteiger partial charge in [0.05, 0.1) is 6.07 Å². The first kappa shape index (κ1) is 12.4. The van der Waals surface area contributed by atoms with Crippen LogP contribution in [0.3, 0.4) is 0 Å². The summed E-state index contributed by atoms with van der Waals surface area (Å²) in [6.07, 6.45) is 1.95. The normalized spacial score (nSPS) is 20.2. The van der Waals surface area contributed by atoms with Crippen molar-refractivity contribution in [3.8, 4) is 6.07 Å². The quantitative estimate of drug-likeness (QED) is 0.656. The highest BCUT2D eigenvalue weighted by atomic mass is 15.1. The van der Waals surface area contributed by atoms with Crippen LogP contribution in [0.15, 0.2) is 0 Å². The highest BCUT2D eigenvalue weighted by molar-refractivity contribution is 4.84. The number of rotatable bonds is 2. The maximum atomic E-state index is 8.38. The minimum Gasteiger partial charge on any atom is -0.302 e. The zero-order valence-electron chi connectivity index (χ0n) is 9.43. The Morgan fingerprint density at radius 2 is 2.00 bits per heavy atom. The number of hydrogen-bond donors (Lipinski definition) is 0. The lowest BCUT2D eigenvalue weighted by Crippen LogP contribution is -2.24. The standard InChI is InChI=1S/C9H16N2.C2H6/c1-9(2)4-7-11(8-9)6-3-5-10;1-2/h3-4,6-8H2,1-2H3;1-2H3. The molecule has 13 heavy (non-hydrogen) atoms. The lowest BCUT2D eigenvalue weighted by atomic mass is 9.93. The molecule has 76 valence electrons. The summed E-state index contributed by atoms with van der Waals surface area (Å²) in [5, 5.41) is 8.38. The molecule has 1 saturated heterocycles. The van der Waals surface area contributed by atoms with Crippen molar-refractivity contribution >= 4 is 0 Å². The Morgan fingerprint density at radius 1 is 1.38 bits per heavy atom. The van der Waals surface area contributed by atoms with Crippen molar-refractivity contribution in [1.29, 1.82) is 5.26 Å². The van der Waals surface area contributed by atoms with Gasteiger partial charge in [-0.3, -0.25) is 0 Å². The molecular weight excluding hydrogens is 160 g/mol. The molecular formula is C11H22N2. The van der Waals surface area contributed by atoms with Crippen LogP contribution in [0.2, 0.25) is 0 Å². The smallest absolute Gasteiger partial charge is 0.0635 e. The topological polar surface area (TPSA) is 27.0 Å². The highest BCUT2D eigenvalue weighted by Gasteiger charge is 2.28. The van der Waals surface area contributed by atoms with E-state index >= 15 is 0 Å². The summed E-state index contributed by atoms with van der Waals surface area (Å²) in [5.74, 6) is 0. The largest absolute Gasteiger partial charge is 0.302 e. The van der Waals surface area contributed by atoms with E-state index in [0.29, 0.717) is 11.8 Å². The van der Waals surface area contributed by atoms with E-state index in [1.54, 1.807) is 0 Å². The monoisotopic (exact) mass is 182 g/mol. The maximum absolute atomic E-state index is 8.38. The first-order valence-corrected chi connectivity index (χ1v) is 5.23. The third kappa shape index (κ3) is 4.90. The van der Waals surface area contributed by atoms with Crippen LogP contribution in [0.5, 0.6) is 0 Å². The molecule has 0 bridgehead atoms. The van der Waals surface area contributed by atoms with Crippen LogP contribution in [-0.4, -0.2) is 24.5 Å². The SMILES string of the molecule is CC.CC1(C)CCN(CCC#N)C1. The van der Waals surface area contributed by atoms with E-state index in [9.17, 15) is 0 Å². The van der Waals surface area contributed by atoms with Gasteiger partial charge in [0.15, 0.2) is 0 Å². The average Bonchev–Trinajstić information content (AvgIpc) is 2.46. The lowest BCUT2D eigenvalue weighted by molar-refractivity contribution is 0.296. The third-order valence-electron chi connectivity index (χ3n) is 2.30. The molecule has 2 heteroatoms. The number of hydrogen-bond acceptors (Lipinski definition) is 2. The Kier molecular flexibility index (Phi) is 5.73. The molecule has 1 rings (SSSR count). The van der Waals surface area contributed by atoms with Crippen molar-refractivity contribution in [3.05, 3.63) is 0 Å². The fourth-order valence-corrected chi connectivity index (χ4v) is 1.62. The average molecular weight is 182 g/mol. The summed E-state index contributed by atoms with van der Waals surface area (Å²) >= 11 is 0. The molecule has 0 N–H and O–H groups in total. The summed E-state index contributed by atoms with van der Waals surface area (Å²) in [5.41, 5.74) is 0.482. The van der Waals surface area contributed by atoms with E-state index in [2.05, 4.69) is 24.8 Å². The van der Waals surface area contributed by atoms with Gasteiger partial charge in [-0.2, -0.15) is 5.26 Å². The van der Waals surface area contributed by atoms with Crippen molar-refractivity contribution < 1.29 is 0 Å². The maximum Gasteiger partial charge on any atom is 0.0635 e. The Morgan fingerprint density at radius 3 is 2.38 bits per heavy atom. The summed E-state index contributed by atoms with van der Waals surface area (Å²) in [6.45, 7) is 11.9. The molecule has 0 aromatic heterocycles. The Hall–Kier alpha value is -0.550. The van der Waals surface area contributed by atoms with E-state index in [1.807, 2.05) is 13.8 Å². The molecule has 0 aromatic rings. The molecule has 0 aromatic carbocycles. The van der Waals surface area contributed by atoms with Gasteiger partial charge >= 0.3 is 0 Å². The van der Waals surface area contributed by atoms with Crippen LogP contribution in [0.25, 0.3) is 0 Å². The predicted octanol–water partition coefficient (Wildman–Crippen LogP) is 2.66. The van der Waals surface area contributed by atoms with Crippen LogP contribution in [0, 0.1) is 16.7 Å². The van der Waals surface area contributed by atoms with E-state index in [0.717, 1.165) is 13.1 Å². The molecule has 1 aliphatic heterocycles. The van der Waals surface area contributed by atoms with Gasteiger partial charge in [-0.15, -0.1) is 0 Å². The van der Waals surface area contributed by atoms with Crippen molar-refractivity contribution in [3.63, 3.8) is 0 Å². The molecule has 0 spiro atoms. The number of nitriles is 1. The molecule has 0 saturated carbocycles. The molecule has 0 atom stereocenters. The fourth-order valence-electron chi connectivity index (χ4n) is 1.62. The van der Waals surface area contributed by atoms with Gasteiger partial charge in [-0.05, 0) is 18.4 Å². The summed E-state index contributed by atoms with van der Waals surface area (Å²) in [4.78, 5) is 2.38. The predicted molar refractivity (Wildman–Crippen MR) is 56.4 cm³/mol. The molecule has 1 fully saturated rings. The van der Waals surface area contributed by atoms with Crippen LogP contribution >= 0.6 is 0 Å². The Balaban J connectivity index is 0.000000671. The number of nitrogens with zero attached hydrogens (tertiary/aromatic N) is 2. The second-order valence-corrected chi connectivity index (χ2v) is 4.10. The van der Waals surface area contributed by atoms with Gasteiger partial charge in [0.25, 0.3) is 0 Å². The molecule has 0 amide bonds. The highest BCUT2D eigenvalue weighted by Crippen LogP contribution is 2.28. The van der Waals surface area contributed by atoms with Gasteiger partial charge < -0.3 is 4.90 Å². The van der Waals surface area contributed by atoms with Crippen LogP contribution in [0.4, 0.5) is 0 Å². The van der Waals surface area contributed by atoms with Gasteiger partial charge in [0.2, 0.25) is 0 Å². The minimum absolute atomic E-state index is 0.482. The summed E-state index contributed by atoms with van der Waals surface area (Å²) in [6, 6.07) is 2.18. The first-order valence-electron chi connectivity index (χ1n) is 5.23. The fraction of sp³-hybridized carbons (Fsp3) is 0.909. The van der Waals surface area contributed by atoms with E-state index in [1.165, 1.54) is 13.0 Å². The molecule has 1 aliphatic rings. The van der Waals surface area contributed by atoms with Gasteiger partial charge in [-0.25, -0.2) is 0 Å². The molecule has 0 radical (unpaired) electrons. The van der Waals surface area contributed by atoms with Gasteiger partial charge in [0, 0.05) is 19.5 Å². The Bertz CT molecular complexity index is 167. The second kappa shape index (κ2) is 5.99. The van der Waals surface area contributed by atoms with Gasteiger partial charge in [0.1, 0.15) is 0 Å². The minimum atomic E-state index is 0.482. The molecule has 1 heterocycles. The Labute approximate surface area is 82.5 Å². The van der Waals surface area contributed by atoms with E-state index < -0.39 is 0 Å². The molecule has 2 nitrogen and oxygen atoms in total. The van der Waals surface area contributed by atoms with E-state index in [4.69, 9.17) is 5.26 Å². The van der Waals surface area contributed by atoms with Crippen LogP contribution in [-0.2, 0) is 0 Å². The van der Waals surface area contributed by atoms with Crippen molar-refractivity contribution in [2.75, 3.05) is 19.6 Å². The van der Waals surface area contributed by atoms with E-state index in [-0.39, 0.29) is 0 Å². The second-order valence-electron chi connectivity index (χ2n) is 4.10. The van der Waals surface area contributed by atoms with Crippen molar-refractivity contribution in [1.82, 2.24) is 4.90 Å². The van der Waals surface area contributed by atoms with Crippen LogP contribution in [0.1, 0.15) is 40.5 Å². The summed E-state index contributed by atoms with van der Waals surface area (Å²) in [7, 11) is 0. The van der Waals surface area contributed by atoms with Gasteiger partial charge in [-0.1, -0.05) is 27.7 Å². The van der Waals surface area contributed by atoms with Crippen molar-refractivity contribution in [2.45, 2.75) is 40.5 Å². The van der Waals surface area contributed by atoms with Crippen LogP contribution < -0.4 is 0 Å². The van der Waals surface area contributed by atoms with Crippen molar-refractivity contribution in [2.24, 2.45) is 5.41 Å². The zero-order valence-corrected chi connectivity index (χ0v) is 9.43. The first-order chi connectivity index (χ1) is 6.14.